The van der Waals surface area contributed by atoms with Gasteiger partial charge in [-0.2, -0.15) is 0 Å². The van der Waals surface area contributed by atoms with E-state index in [0.717, 1.165) is 10.4 Å². The molecular weight excluding hydrogens is 324 g/mol. The zero-order chi connectivity index (χ0) is 16.5. The van der Waals surface area contributed by atoms with Gasteiger partial charge in [-0.1, -0.05) is 36.4 Å². The van der Waals surface area contributed by atoms with E-state index in [1.165, 1.54) is 11.3 Å². The summed E-state index contributed by atoms with van der Waals surface area (Å²) >= 11 is 1.44. The molecule has 2 saturated heterocycles. The van der Waals surface area contributed by atoms with Crippen molar-refractivity contribution >= 4 is 23.2 Å². The number of fused-ring (bicyclic) bond motifs is 1. The quantitative estimate of drug-likeness (QED) is 0.857. The first-order valence-electron chi connectivity index (χ1n) is 8.00. The molecule has 24 heavy (non-hydrogen) atoms. The summed E-state index contributed by atoms with van der Waals surface area (Å²) in [4.78, 5) is 29.3. The highest BCUT2D eigenvalue weighted by Crippen LogP contribution is 2.27. The highest BCUT2D eigenvalue weighted by molar-refractivity contribution is 7.12. The first-order valence-corrected chi connectivity index (χ1v) is 8.88. The Morgan fingerprint density at radius 1 is 1.17 bits per heavy atom. The van der Waals surface area contributed by atoms with Crippen LogP contribution in [0.15, 0.2) is 47.8 Å². The van der Waals surface area contributed by atoms with Gasteiger partial charge in [0.2, 0.25) is 5.91 Å². The van der Waals surface area contributed by atoms with Gasteiger partial charge in [-0.05, 0) is 17.0 Å². The van der Waals surface area contributed by atoms with Crippen LogP contribution in [0, 0.1) is 0 Å². The first kappa shape index (κ1) is 15.4. The summed E-state index contributed by atoms with van der Waals surface area (Å²) in [6, 6.07) is 13.6. The number of benzene rings is 1. The van der Waals surface area contributed by atoms with Crippen LogP contribution in [0.4, 0.5) is 0 Å². The van der Waals surface area contributed by atoms with E-state index in [4.69, 9.17) is 4.74 Å². The summed E-state index contributed by atoms with van der Waals surface area (Å²) in [5, 5.41) is 1.90. The van der Waals surface area contributed by atoms with Crippen LogP contribution >= 0.6 is 11.3 Å². The third kappa shape index (κ3) is 2.83. The van der Waals surface area contributed by atoms with Crippen molar-refractivity contribution in [1.29, 1.82) is 0 Å². The van der Waals surface area contributed by atoms with Crippen molar-refractivity contribution < 1.29 is 14.3 Å². The SMILES string of the molecule is O=C(c1cccs1)N1C[C@@H]2[C@@H](C1)OCC(=O)N2Cc1ccccc1. The Kier molecular flexibility index (Phi) is 4.08. The Labute approximate surface area is 144 Å². The molecule has 4 rings (SSSR count). The molecule has 2 atom stereocenters. The predicted molar refractivity (Wildman–Crippen MR) is 90.7 cm³/mol. The number of carbonyl (C=O) groups is 2. The third-order valence-electron chi connectivity index (χ3n) is 4.59. The number of likely N-dealkylation sites (tertiary alicyclic amines) is 1. The molecule has 124 valence electrons. The minimum atomic E-state index is -0.102. The minimum absolute atomic E-state index is 0.00877. The molecule has 6 heteroatoms. The van der Waals surface area contributed by atoms with E-state index in [9.17, 15) is 9.59 Å². The number of hydrogen-bond acceptors (Lipinski definition) is 4. The molecule has 0 aliphatic carbocycles. The maximum absolute atomic E-state index is 12.6. The number of ether oxygens (including phenoxy) is 1. The molecule has 2 aliphatic heterocycles. The van der Waals surface area contributed by atoms with Crippen molar-refractivity contribution in [3.63, 3.8) is 0 Å². The minimum Gasteiger partial charge on any atom is -0.364 e. The van der Waals surface area contributed by atoms with E-state index in [2.05, 4.69) is 0 Å². The zero-order valence-electron chi connectivity index (χ0n) is 13.1. The molecule has 1 aromatic carbocycles. The molecular formula is C18H18N2O3S. The van der Waals surface area contributed by atoms with Crippen molar-refractivity contribution in [2.24, 2.45) is 0 Å². The number of rotatable bonds is 3. The Hall–Kier alpha value is -2.18. The van der Waals surface area contributed by atoms with Crippen molar-refractivity contribution in [1.82, 2.24) is 9.80 Å². The summed E-state index contributed by atoms with van der Waals surface area (Å²) in [6.07, 6.45) is -0.102. The number of carbonyl (C=O) groups excluding carboxylic acids is 2. The van der Waals surface area contributed by atoms with E-state index < -0.39 is 0 Å². The van der Waals surface area contributed by atoms with Crippen molar-refractivity contribution in [3.8, 4) is 0 Å². The van der Waals surface area contributed by atoms with Crippen LogP contribution in [0.1, 0.15) is 15.2 Å². The average Bonchev–Trinajstić information content (AvgIpc) is 3.27. The first-order chi connectivity index (χ1) is 11.7. The lowest BCUT2D eigenvalue weighted by Gasteiger charge is -2.36. The second-order valence-electron chi connectivity index (χ2n) is 6.11. The summed E-state index contributed by atoms with van der Waals surface area (Å²) in [5.41, 5.74) is 1.09. The highest BCUT2D eigenvalue weighted by Gasteiger charge is 2.44. The Morgan fingerprint density at radius 2 is 2.00 bits per heavy atom. The van der Waals surface area contributed by atoms with Crippen molar-refractivity contribution in [2.45, 2.75) is 18.7 Å². The molecule has 0 N–H and O–H groups in total. The predicted octanol–water partition coefficient (Wildman–Crippen LogP) is 2.00. The summed E-state index contributed by atoms with van der Waals surface area (Å²) < 4.78 is 5.70. The van der Waals surface area contributed by atoms with Gasteiger partial charge in [0.05, 0.1) is 17.0 Å². The fraction of sp³-hybridized carbons (Fsp3) is 0.333. The van der Waals surface area contributed by atoms with E-state index in [0.29, 0.717) is 19.6 Å². The summed E-state index contributed by atoms with van der Waals surface area (Å²) in [5.74, 6) is 0.0145. The second-order valence-corrected chi connectivity index (χ2v) is 7.06. The molecule has 2 fully saturated rings. The summed E-state index contributed by atoms with van der Waals surface area (Å²) in [7, 11) is 0. The maximum Gasteiger partial charge on any atom is 0.264 e. The topological polar surface area (TPSA) is 49.9 Å². The van der Waals surface area contributed by atoms with Gasteiger partial charge in [0.15, 0.2) is 0 Å². The molecule has 3 heterocycles. The third-order valence-corrected chi connectivity index (χ3v) is 5.45. The van der Waals surface area contributed by atoms with Crippen LogP contribution in [0.5, 0.6) is 0 Å². The van der Waals surface area contributed by atoms with E-state index in [-0.39, 0.29) is 30.6 Å². The van der Waals surface area contributed by atoms with Gasteiger partial charge >= 0.3 is 0 Å². The normalized spacial score (nSPS) is 23.4. The highest BCUT2D eigenvalue weighted by atomic mass is 32.1. The molecule has 2 amide bonds. The monoisotopic (exact) mass is 342 g/mol. The number of hydrogen-bond donors (Lipinski definition) is 0. The number of nitrogens with zero attached hydrogens (tertiary/aromatic N) is 2. The van der Waals surface area contributed by atoms with Gasteiger partial charge in [-0.3, -0.25) is 9.59 Å². The fourth-order valence-corrected chi connectivity index (χ4v) is 4.06. The molecule has 0 spiro atoms. The van der Waals surface area contributed by atoms with Crippen LogP contribution in [-0.4, -0.2) is 53.5 Å². The lowest BCUT2D eigenvalue weighted by molar-refractivity contribution is -0.153. The number of thiophene rings is 1. The van der Waals surface area contributed by atoms with Crippen molar-refractivity contribution in [2.75, 3.05) is 19.7 Å². The molecule has 0 saturated carbocycles. The van der Waals surface area contributed by atoms with Gasteiger partial charge < -0.3 is 14.5 Å². The average molecular weight is 342 g/mol. The Balaban J connectivity index is 1.52. The molecule has 0 unspecified atom stereocenters. The standard InChI is InChI=1S/C18H18N2O3S/c21-17-12-23-15-11-19(18(22)16-7-4-8-24-16)10-14(15)20(17)9-13-5-2-1-3-6-13/h1-8,14-15H,9-12H2/t14-,15-/m1/s1. The maximum atomic E-state index is 12.6. The number of morpholine rings is 1. The fourth-order valence-electron chi connectivity index (χ4n) is 3.37. The summed E-state index contributed by atoms with van der Waals surface area (Å²) in [6.45, 7) is 1.72. The van der Waals surface area contributed by atoms with Gasteiger partial charge in [0.25, 0.3) is 5.91 Å². The Bertz CT molecular complexity index is 732. The van der Waals surface area contributed by atoms with Crippen LogP contribution < -0.4 is 0 Å². The van der Waals surface area contributed by atoms with E-state index in [1.54, 1.807) is 4.90 Å². The largest absolute Gasteiger partial charge is 0.364 e. The van der Waals surface area contributed by atoms with Crippen LogP contribution in [0.25, 0.3) is 0 Å². The smallest absolute Gasteiger partial charge is 0.264 e. The number of amides is 2. The molecule has 2 aliphatic rings. The van der Waals surface area contributed by atoms with Crippen LogP contribution in [0.3, 0.4) is 0 Å². The molecule has 0 bridgehead atoms. The Morgan fingerprint density at radius 3 is 2.75 bits per heavy atom. The van der Waals surface area contributed by atoms with E-state index >= 15 is 0 Å². The van der Waals surface area contributed by atoms with E-state index in [1.807, 2.05) is 52.7 Å². The van der Waals surface area contributed by atoms with Gasteiger partial charge in [-0.15, -0.1) is 11.3 Å². The zero-order valence-corrected chi connectivity index (χ0v) is 13.9. The lowest BCUT2D eigenvalue weighted by atomic mass is 10.1. The molecule has 5 nitrogen and oxygen atoms in total. The van der Waals surface area contributed by atoms with Gasteiger partial charge in [-0.25, -0.2) is 0 Å². The van der Waals surface area contributed by atoms with Crippen LogP contribution in [-0.2, 0) is 16.1 Å². The molecule has 1 aromatic heterocycles. The van der Waals surface area contributed by atoms with Gasteiger partial charge in [0, 0.05) is 19.6 Å². The molecule has 2 aromatic rings. The van der Waals surface area contributed by atoms with Crippen molar-refractivity contribution in [3.05, 3.63) is 58.3 Å². The van der Waals surface area contributed by atoms with Gasteiger partial charge in [0.1, 0.15) is 6.61 Å². The lowest BCUT2D eigenvalue weighted by Crippen LogP contribution is -2.53. The molecule has 0 radical (unpaired) electrons. The van der Waals surface area contributed by atoms with Crippen LogP contribution in [0.2, 0.25) is 0 Å². The second kappa shape index (κ2) is 6.37.